The van der Waals surface area contributed by atoms with Crippen molar-refractivity contribution < 1.29 is 0 Å². The molecular formula is C13H20N4S. The molecule has 4 nitrogen and oxygen atoms in total. The fraction of sp³-hybridized carbons (Fsp3) is 0.538. The molecule has 0 aromatic carbocycles. The van der Waals surface area contributed by atoms with Gasteiger partial charge in [-0.1, -0.05) is 6.92 Å². The Morgan fingerprint density at radius 3 is 2.89 bits per heavy atom. The first-order valence-electron chi connectivity index (χ1n) is 6.43. The minimum Gasteiger partial charge on any atom is -0.304 e. The van der Waals surface area contributed by atoms with Crippen LogP contribution in [-0.2, 0) is 6.54 Å². The molecule has 2 aromatic rings. The predicted molar refractivity (Wildman–Crippen MR) is 74.9 cm³/mol. The summed E-state index contributed by atoms with van der Waals surface area (Å²) in [5, 5.41) is 11.1. The number of aromatic nitrogens is 3. The van der Waals surface area contributed by atoms with Gasteiger partial charge >= 0.3 is 0 Å². The number of hydrogen-bond acceptors (Lipinski definition) is 4. The monoisotopic (exact) mass is 264 g/mol. The van der Waals surface area contributed by atoms with Crippen LogP contribution in [0.5, 0.6) is 0 Å². The molecule has 0 aliphatic heterocycles. The summed E-state index contributed by atoms with van der Waals surface area (Å²) in [4.78, 5) is 4.61. The van der Waals surface area contributed by atoms with E-state index in [-0.39, 0.29) is 6.04 Å². The lowest BCUT2D eigenvalue weighted by Gasteiger charge is -2.17. The summed E-state index contributed by atoms with van der Waals surface area (Å²) < 4.78 is 2.03. The van der Waals surface area contributed by atoms with Gasteiger partial charge in [0.15, 0.2) is 0 Å². The van der Waals surface area contributed by atoms with E-state index in [1.807, 2.05) is 17.8 Å². The zero-order chi connectivity index (χ0) is 13.0. The minimum atomic E-state index is 0.150. The highest BCUT2D eigenvalue weighted by Crippen LogP contribution is 2.23. The fourth-order valence-corrected chi connectivity index (χ4v) is 2.65. The Labute approximate surface area is 112 Å². The highest BCUT2D eigenvalue weighted by Gasteiger charge is 2.19. The molecule has 1 unspecified atom stereocenters. The quantitative estimate of drug-likeness (QED) is 0.872. The molecule has 0 radical (unpaired) electrons. The summed E-state index contributed by atoms with van der Waals surface area (Å²) in [5.41, 5.74) is 2.29. The molecule has 18 heavy (non-hydrogen) atoms. The number of rotatable bonds is 6. The summed E-state index contributed by atoms with van der Waals surface area (Å²) in [6, 6.07) is 2.23. The van der Waals surface area contributed by atoms with Gasteiger partial charge in [-0.2, -0.15) is 5.10 Å². The maximum Gasteiger partial charge on any atom is 0.0930 e. The van der Waals surface area contributed by atoms with Gasteiger partial charge in [-0.05, 0) is 32.9 Å². The van der Waals surface area contributed by atoms with Gasteiger partial charge in [-0.25, -0.2) is 4.98 Å². The van der Waals surface area contributed by atoms with Crippen molar-refractivity contribution in [3.8, 4) is 0 Å². The topological polar surface area (TPSA) is 42.7 Å². The van der Waals surface area contributed by atoms with Crippen LogP contribution in [-0.4, -0.2) is 21.3 Å². The maximum atomic E-state index is 4.61. The van der Waals surface area contributed by atoms with E-state index in [2.05, 4.69) is 40.7 Å². The van der Waals surface area contributed by atoms with Crippen molar-refractivity contribution in [2.75, 3.05) is 6.54 Å². The second-order valence-corrected chi connectivity index (χ2v) is 5.31. The third-order valence-electron chi connectivity index (χ3n) is 2.88. The van der Waals surface area contributed by atoms with E-state index in [0.717, 1.165) is 30.2 Å². The Balaban J connectivity index is 2.30. The lowest BCUT2D eigenvalue weighted by molar-refractivity contribution is 0.523. The predicted octanol–water partition coefficient (Wildman–Crippen LogP) is 2.76. The van der Waals surface area contributed by atoms with Crippen molar-refractivity contribution in [1.82, 2.24) is 20.1 Å². The largest absolute Gasteiger partial charge is 0.304 e. The van der Waals surface area contributed by atoms with Gasteiger partial charge in [0.25, 0.3) is 0 Å². The highest BCUT2D eigenvalue weighted by molar-refractivity contribution is 7.09. The van der Waals surface area contributed by atoms with E-state index in [1.54, 1.807) is 11.3 Å². The van der Waals surface area contributed by atoms with Gasteiger partial charge in [-0.3, -0.25) is 4.68 Å². The van der Waals surface area contributed by atoms with Crippen molar-refractivity contribution in [2.24, 2.45) is 0 Å². The maximum absolute atomic E-state index is 4.61. The van der Waals surface area contributed by atoms with E-state index in [1.165, 1.54) is 5.69 Å². The van der Waals surface area contributed by atoms with Gasteiger partial charge in [0.1, 0.15) is 0 Å². The molecule has 0 amide bonds. The Morgan fingerprint density at radius 1 is 1.44 bits per heavy atom. The van der Waals surface area contributed by atoms with Crippen molar-refractivity contribution in [1.29, 1.82) is 0 Å². The second-order valence-electron chi connectivity index (χ2n) is 4.25. The van der Waals surface area contributed by atoms with Crippen molar-refractivity contribution >= 4 is 11.3 Å². The molecule has 2 rings (SSSR count). The van der Waals surface area contributed by atoms with E-state index in [4.69, 9.17) is 0 Å². The first-order valence-corrected chi connectivity index (χ1v) is 7.31. The normalized spacial score (nSPS) is 12.8. The number of hydrogen-bond donors (Lipinski definition) is 1. The van der Waals surface area contributed by atoms with Gasteiger partial charge in [0.2, 0.25) is 0 Å². The first kappa shape index (κ1) is 13.2. The third-order valence-corrected chi connectivity index (χ3v) is 3.67. The van der Waals surface area contributed by atoms with Crippen LogP contribution in [0.1, 0.15) is 42.7 Å². The molecule has 0 fully saturated rings. The Morgan fingerprint density at radius 2 is 2.28 bits per heavy atom. The van der Waals surface area contributed by atoms with Crippen LogP contribution in [0.25, 0.3) is 0 Å². The van der Waals surface area contributed by atoms with E-state index < -0.39 is 0 Å². The smallest absolute Gasteiger partial charge is 0.0930 e. The molecule has 0 bridgehead atoms. The van der Waals surface area contributed by atoms with Crippen LogP contribution in [0.15, 0.2) is 17.6 Å². The molecule has 98 valence electrons. The lowest BCUT2D eigenvalue weighted by atomic mass is 10.1. The summed E-state index contributed by atoms with van der Waals surface area (Å²) in [6.45, 7) is 8.20. The zero-order valence-electron chi connectivity index (χ0n) is 11.2. The van der Waals surface area contributed by atoms with Crippen LogP contribution in [0.2, 0.25) is 0 Å². The third kappa shape index (κ3) is 2.79. The molecule has 2 aromatic heterocycles. The number of aryl methyl sites for hydroxylation is 2. The van der Waals surface area contributed by atoms with Gasteiger partial charge in [-0.15, -0.1) is 11.3 Å². The van der Waals surface area contributed by atoms with Crippen molar-refractivity contribution in [3.63, 3.8) is 0 Å². The van der Waals surface area contributed by atoms with Crippen molar-refractivity contribution in [2.45, 2.75) is 39.8 Å². The van der Waals surface area contributed by atoms with Crippen LogP contribution >= 0.6 is 11.3 Å². The number of nitrogens with one attached hydrogen (secondary N) is 1. The average Bonchev–Trinajstić information content (AvgIpc) is 2.99. The summed E-state index contributed by atoms with van der Waals surface area (Å²) in [5.74, 6) is 0. The summed E-state index contributed by atoms with van der Waals surface area (Å²) >= 11 is 1.70. The Hall–Kier alpha value is -1.20. The SMILES string of the molecule is CCCNC(c1csc(C)n1)c1ccnn1CC. The first-order chi connectivity index (χ1) is 8.76. The molecule has 0 aliphatic carbocycles. The lowest BCUT2D eigenvalue weighted by Crippen LogP contribution is -2.26. The molecule has 0 aliphatic rings. The molecular weight excluding hydrogens is 244 g/mol. The Kier molecular flexibility index (Phi) is 4.49. The molecule has 0 saturated heterocycles. The molecule has 1 atom stereocenters. The van der Waals surface area contributed by atoms with Crippen LogP contribution in [0.4, 0.5) is 0 Å². The minimum absolute atomic E-state index is 0.150. The van der Waals surface area contributed by atoms with Crippen LogP contribution in [0, 0.1) is 6.92 Å². The van der Waals surface area contributed by atoms with Gasteiger partial charge < -0.3 is 5.32 Å². The molecule has 1 N–H and O–H groups in total. The van der Waals surface area contributed by atoms with E-state index in [0.29, 0.717) is 0 Å². The van der Waals surface area contributed by atoms with Crippen LogP contribution in [0.3, 0.4) is 0 Å². The van der Waals surface area contributed by atoms with Gasteiger partial charge in [0.05, 0.1) is 22.4 Å². The average molecular weight is 264 g/mol. The molecule has 2 heterocycles. The van der Waals surface area contributed by atoms with Crippen molar-refractivity contribution in [3.05, 3.63) is 34.0 Å². The van der Waals surface area contributed by atoms with Crippen LogP contribution < -0.4 is 5.32 Å². The molecule has 0 spiro atoms. The Bertz CT molecular complexity index is 489. The zero-order valence-corrected chi connectivity index (χ0v) is 12.0. The summed E-state index contributed by atoms with van der Waals surface area (Å²) in [6.07, 6.45) is 2.97. The highest BCUT2D eigenvalue weighted by atomic mass is 32.1. The molecule has 5 heteroatoms. The van der Waals surface area contributed by atoms with E-state index in [9.17, 15) is 0 Å². The standard InChI is InChI=1S/C13H20N4S/c1-4-7-14-13(11-9-18-10(3)16-11)12-6-8-15-17(12)5-2/h6,8-9,13-14H,4-5,7H2,1-3H3. The fourth-order valence-electron chi connectivity index (χ4n) is 2.01. The van der Waals surface area contributed by atoms with Gasteiger partial charge in [0, 0.05) is 18.1 Å². The molecule has 0 saturated carbocycles. The van der Waals surface area contributed by atoms with E-state index >= 15 is 0 Å². The number of thiazole rings is 1. The summed E-state index contributed by atoms with van der Waals surface area (Å²) in [7, 11) is 0. The number of nitrogens with zero attached hydrogens (tertiary/aromatic N) is 3. The second kappa shape index (κ2) is 6.11.